The topological polar surface area (TPSA) is 86.7 Å². The predicted octanol–water partition coefficient (Wildman–Crippen LogP) is 2.29. The molecule has 26 heavy (non-hydrogen) atoms. The van der Waals surface area contributed by atoms with Crippen molar-refractivity contribution in [3.05, 3.63) is 0 Å². The number of carbonyl (C=O) groups excluding carboxylic acids is 3. The molecule has 0 aromatic rings. The Labute approximate surface area is 157 Å². The number of rotatable bonds is 11. The molecule has 0 aliphatic carbocycles. The van der Waals surface area contributed by atoms with Crippen molar-refractivity contribution in [3.8, 4) is 0 Å². The molecule has 2 N–H and O–H groups in total. The lowest BCUT2D eigenvalue weighted by atomic mass is 9.93. The normalized spacial score (nSPS) is 19.5. The number of hydrogen-bond acceptors (Lipinski definition) is 4. The Morgan fingerprint density at radius 1 is 1.23 bits per heavy atom. The highest BCUT2D eigenvalue weighted by molar-refractivity contribution is 5.91. The molecule has 0 aromatic heterocycles. The fourth-order valence-corrected chi connectivity index (χ4v) is 3.59. The van der Waals surface area contributed by atoms with Crippen LogP contribution in [0, 0.1) is 11.8 Å². The average molecular weight is 369 g/mol. The number of aliphatic hydroxyl groups is 1. The van der Waals surface area contributed by atoms with Crippen molar-refractivity contribution < 1.29 is 19.5 Å². The Hall–Kier alpha value is -1.43. The van der Waals surface area contributed by atoms with Gasteiger partial charge in [-0.05, 0) is 32.1 Å². The number of hydrogen-bond donors (Lipinski definition) is 2. The minimum Gasteiger partial charge on any atom is -0.394 e. The first-order chi connectivity index (χ1) is 12.3. The molecule has 2 amide bonds. The summed E-state index contributed by atoms with van der Waals surface area (Å²) in [5.74, 6) is -0.766. The predicted molar refractivity (Wildman–Crippen MR) is 102 cm³/mol. The maximum atomic E-state index is 12.9. The van der Waals surface area contributed by atoms with Crippen molar-refractivity contribution in [2.24, 2.45) is 11.8 Å². The molecular formula is C20H36N2O4. The lowest BCUT2D eigenvalue weighted by Crippen LogP contribution is -2.54. The maximum absolute atomic E-state index is 12.9. The van der Waals surface area contributed by atoms with E-state index in [0.29, 0.717) is 13.0 Å². The lowest BCUT2D eigenvalue weighted by molar-refractivity contribution is -0.140. The van der Waals surface area contributed by atoms with E-state index in [2.05, 4.69) is 12.2 Å². The second-order valence-corrected chi connectivity index (χ2v) is 7.84. The number of ketones is 1. The average Bonchev–Trinajstić information content (AvgIpc) is 3.06. The molecule has 1 fully saturated rings. The fourth-order valence-electron chi connectivity index (χ4n) is 3.59. The molecule has 0 radical (unpaired) electrons. The van der Waals surface area contributed by atoms with Gasteiger partial charge in [0.2, 0.25) is 11.8 Å². The van der Waals surface area contributed by atoms with Crippen LogP contribution in [0.1, 0.15) is 72.6 Å². The van der Waals surface area contributed by atoms with Crippen LogP contribution in [0.3, 0.4) is 0 Å². The van der Waals surface area contributed by atoms with E-state index in [1.807, 2.05) is 13.8 Å². The molecule has 1 heterocycles. The fraction of sp³-hybridized carbons (Fsp3) is 0.850. The van der Waals surface area contributed by atoms with Crippen molar-refractivity contribution in [1.29, 1.82) is 0 Å². The molecule has 3 atom stereocenters. The summed E-state index contributed by atoms with van der Waals surface area (Å²) in [5.41, 5.74) is 0. The molecule has 150 valence electrons. The zero-order valence-electron chi connectivity index (χ0n) is 16.8. The summed E-state index contributed by atoms with van der Waals surface area (Å²) in [6.07, 6.45) is 5.55. The minimum atomic E-state index is -0.615. The summed E-state index contributed by atoms with van der Waals surface area (Å²) in [6, 6.07) is -0.770. The van der Waals surface area contributed by atoms with Crippen LogP contribution in [0.2, 0.25) is 0 Å². The summed E-state index contributed by atoms with van der Waals surface area (Å²) in [4.78, 5) is 39.0. The van der Waals surface area contributed by atoms with Gasteiger partial charge in [0.05, 0.1) is 12.6 Å². The van der Waals surface area contributed by atoms with Crippen LogP contribution in [0.25, 0.3) is 0 Å². The molecule has 0 spiro atoms. The van der Waals surface area contributed by atoms with E-state index in [4.69, 9.17) is 0 Å². The molecule has 1 aliphatic rings. The number of nitrogens with zero attached hydrogens (tertiary/aromatic N) is 1. The van der Waals surface area contributed by atoms with Gasteiger partial charge in [-0.2, -0.15) is 0 Å². The smallest absolute Gasteiger partial charge is 0.245 e. The molecule has 0 saturated carbocycles. The van der Waals surface area contributed by atoms with Crippen molar-refractivity contribution in [2.75, 3.05) is 13.2 Å². The van der Waals surface area contributed by atoms with E-state index in [9.17, 15) is 19.5 Å². The SMILES string of the molecule is CCCCC[C@@H](CC(C)=O)C(=O)N[C@H](C(=O)N1CCC[C@H]1CO)C(C)C. The maximum Gasteiger partial charge on any atom is 0.245 e. The van der Waals surface area contributed by atoms with E-state index < -0.39 is 6.04 Å². The zero-order chi connectivity index (χ0) is 19.7. The molecule has 0 aromatic carbocycles. The first kappa shape index (κ1) is 22.6. The van der Waals surface area contributed by atoms with E-state index in [1.54, 1.807) is 4.90 Å². The summed E-state index contributed by atoms with van der Waals surface area (Å²) in [5, 5.41) is 12.4. The molecule has 1 saturated heterocycles. The number of nitrogens with one attached hydrogen (secondary N) is 1. The summed E-state index contributed by atoms with van der Waals surface area (Å²) >= 11 is 0. The molecule has 0 unspecified atom stereocenters. The number of amides is 2. The highest BCUT2D eigenvalue weighted by Crippen LogP contribution is 2.21. The molecule has 1 rings (SSSR count). The minimum absolute atomic E-state index is 0.00559. The van der Waals surface area contributed by atoms with Gasteiger partial charge in [-0.1, -0.05) is 40.0 Å². The van der Waals surface area contributed by atoms with E-state index in [0.717, 1.165) is 32.1 Å². The van der Waals surface area contributed by atoms with Crippen LogP contribution in [0.4, 0.5) is 0 Å². The van der Waals surface area contributed by atoms with Crippen molar-refractivity contribution in [3.63, 3.8) is 0 Å². The van der Waals surface area contributed by atoms with Gasteiger partial charge in [0.1, 0.15) is 11.8 Å². The van der Waals surface area contributed by atoms with E-state index in [-0.39, 0.29) is 48.5 Å². The van der Waals surface area contributed by atoms with Gasteiger partial charge in [-0.15, -0.1) is 0 Å². The Morgan fingerprint density at radius 2 is 1.92 bits per heavy atom. The number of Topliss-reactive ketones (excluding diaryl/α,β-unsaturated/α-hetero) is 1. The van der Waals surface area contributed by atoms with Gasteiger partial charge in [0, 0.05) is 18.9 Å². The van der Waals surface area contributed by atoms with Crippen molar-refractivity contribution >= 4 is 17.6 Å². The highest BCUT2D eigenvalue weighted by atomic mass is 16.3. The van der Waals surface area contributed by atoms with Gasteiger partial charge in [-0.25, -0.2) is 0 Å². The number of aliphatic hydroxyl groups excluding tert-OH is 1. The molecule has 6 heteroatoms. The van der Waals surface area contributed by atoms with E-state index in [1.165, 1.54) is 6.92 Å². The van der Waals surface area contributed by atoms with Gasteiger partial charge in [-0.3, -0.25) is 9.59 Å². The molecule has 0 bridgehead atoms. The number of carbonyl (C=O) groups is 3. The Balaban J connectivity index is 2.80. The Bertz CT molecular complexity index is 478. The number of unbranched alkanes of at least 4 members (excludes halogenated alkanes) is 2. The molecular weight excluding hydrogens is 332 g/mol. The van der Waals surface area contributed by atoms with Crippen LogP contribution in [0.15, 0.2) is 0 Å². The third kappa shape index (κ3) is 6.71. The summed E-state index contributed by atoms with van der Waals surface area (Å²) < 4.78 is 0. The second-order valence-electron chi connectivity index (χ2n) is 7.84. The monoisotopic (exact) mass is 368 g/mol. The lowest BCUT2D eigenvalue weighted by Gasteiger charge is -2.31. The van der Waals surface area contributed by atoms with Crippen LogP contribution in [-0.2, 0) is 14.4 Å². The van der Waals surface area contributed by atoms with Gasteiger partial charge in [0.15, 0.2) is 0 Å². The van der Waals surface area contributed by atoms with Crippen molar-refractivity contribution in [2.45, 2.75) is 84.7 Å². The van der Waals surface area contributed by atoms with E-state index >= 15 is 0 Å². The summed E-state index contributed by atoms with van der Waals surface area (Å²) in [6.45, 7) is 7.99. The first-order valence-corrected chi connectivity index (χ1v) is 10.0. The third-order valence-corrected chi connectivity index (χ3v) is 5.16. The van der Waals surface area contributed by atoms with Crippen LogP contribution in [-0.4, -0.2) is 52.8 Å². The largest absolute Gasteiger partial charge is 0.394 e. The highest BCUT2D eigenvalue weighted by Gasteiger charge is 2.35. The Morgan fingerprint density at radius 3 is 2.46 bits per heavy atom. The first-order valence-electron chi connectivity index (χ1n) is 10.0. The van der Waals surface area contributed by atoms with Crippen LogP contribution in [0.5, 0.6) is 0 Å². The summed E-state index contributed by atoms with van der Waals surface area (Å²) in [7, 11) is 0. The zero-order valence-corrected chi connectivity index (χ0v) is 16.8. The van der Waals surface area contributed by atoms with Gasteiger partial charge in [0.25, 0.3) is 0 Å². The van der Waals surface area contributed by atoms with Gasteiger partial charge >= 0.3 is 0 Å². The standard InChI is InChI=1S/C20H36N2O4/c1-5-6-7-9-16(12-15(4)24)19(25)21-18(14(2)3)20(26)22-11-8-10-17(22)13-23/h14,16-18,23H,5-13H2,1-4H3,(H,21,25)/t16-,17-,18-/m0/s1. The van der Waals surface area contributed by atoms with Crippen LogP contribution < -0.4 is 5.32 Å². The number of likely N-dealkylation sites (tertiary alicyclic amines) is 1. The van der Waals surface area contributed by atoms with Crippen LogP contribution >= 0.6 is 0 Å². The molecule has 1 aliphatic heterocycles. The quantitative estimate of drug-likeness (QED) is 0.548. The third-order valence-electron chi connectivity index (χ3n) is 5.16. The van der Waals surface area contributed by atoms with Gasteiger partial charge < -0.3 is 20.1 Å². The van der Waals surface area contributed by atoms with Crippen molar-refractivity contribution in [1.82, 2.24) is 10.2 Å². The second kappa shape index (κ2) is 11.3. The Kier molecular flexibility index (Phi) is 9.84. The molecule has 6 nitrogen and oxygen atoms in total.